The molecule has 8 heteroatoms. The number of carbonyl (C=O) groups excluding carboxylic acids is 1. The summed E-state index contributed by atoms with van der Waals surface area (Å²) >= 11 is 0. The first-order valence-corrected chi connectivity index (χ1v) is 8.26. The second kappa shape index (κ2) is 8.28. The number of pyridine rings is 2. The van der Waals surface area contributed by atoms with Gasteiger partial charge in [0.1, 0.15) is 5.82 Å². The van der Waals surface area contributed by atoms with Gasteiger partial charge in [0.25, 0.3) is 0 Å². The van der Waals surface area contributed by atoms with E-state index in [0.29, 0.717) is 0 Å². The molecule has 2 aromatic heterocycles. The highest BCUT2D eigenvalue weighted by Crippen LogP contribution is 2.37. The van der Waals surface area contributed by atoms with Crippen molar-refractivity contribution in [2.45, 2.75) is 33.4 Å². The topological polar surface area (TPSA) is 46.1 Å². The lowest BCUT2D eigenvalue weighted by Crippen LogP contribution is -2.33. The molecule has 27 heavy (non-hydrogen) atoms. The molecular formula is C19H19F4N3O. The van der Waals surface area contributed by atoms with Crippen LogP contribution in [0.5, 0.6) is 0 Å². The maximum absolute atomic E-state index is 13.6. The molecule has 2 rings (SSSR count). The van der Waals surface area contributed by atoms with Crippen LogP contribution in [-0.4, -0.2) is 22.4 Å². The largest absolute Gasteiger partial charge is 0.435 e. The van der Waals surface area contributed by atoms with Crippen LogP contribution >= 0.6 is 0 Å². The number of carbonyl (C=O) groups is 1. The van der Waals surface area contributed by atoms with Gasteiger partial charge in [0.15, 0.2) is 5.69 Å². The summed E-state index contributed by atoms with van der Waals surface area (Å²) in [6.07, 6.45) is -0.905. The molecule has 0 fully saturated rings. The number of halogens is 4. The molecule has 0 aromatic carbocycles. The van der Waals surface area contributed by atoms with Gasteiger partial charge >= 0.3 is 6.18 Å². The van der Waals surface area contributed by atoms with Crippen molar-refractivity contribution in [2.24, 2.45) is 0 Å². The standard InChI is InChI=1S/C19H19F4N3O/c1-4-17(27)26(8-7-12(2)3)16-6-5-15(25-18(16)19(21,22)23)13-9-14(20)11-24-10-13/h5-7,9-11H,4,8H2,1-3H3. The Morgan fingerprint density at radius 1 is 1.22 bits per heavy atom. The van der Waals surface area contributed by atoms with Crippen LogP contribution in [0.3, 0.4) is 0 Å². The number of hydrogen-bond donors (Lipinski definition) is 0. The van der Waals surface area contributed by atoms with E-state index in [2.05, 4.69) is 9.97 Å². The minimum Gasteiger partial charge on any atom is -0.306 e. The number of nitrogens with zero attached hydrogens (tertiary/aromatic N) is 3. The summed E-state index contributed by atoms with van der Waals surface area (Å²) in [7, 11) is 0. The Morgan fingerprint density at radius 2 is 1.93 bits per heavy atom. The van der Waals surface area contributed by atoms with Crippen molar-refractivity contribution < 1.29 is 22.4 Å². The van der Waals surface area contributed by atoms with Crippen molar-refractivity contribution in [2.75, 3.05) is 11.4 Å². The number of anilines is 1. The molecule has 0 saturated carbocycles. The fraction of sp³-hybridized carbons (Fsp3) is 0.316. The van der Waals surface area contributed by atoms with Crippen molar-refractivity contribution in [3.8, 4) is 11.3 Å². The molecule has 144 valence electrons. The van der Waals surface area contributed by atoms with E-state index in [0.717, 1.165) is 22.7 Å². The maximum atomic E-state index is 13.6. The van der Waals surface area contributed by atoms with E-state index in [9.17, 15) is 22.4 Å². The zero-order valence-corrected chi connectivity index (χ0v) is 15.1. The van der Waals surface area contributed by atoms with Crippen molar-refractivity contribution in [3.05, 3.63) is 53.8 Å². The lowest BCUT2D eigenvalue weighted by atomic mass is 10.1. The molecule has 0 N–H and O–H groups in total. The lowest BCUT2D eigenvalue weighted by molar-refractivity contribution is -0.140. The predicted octanol–water partition coefficient (Wildman–Crippen LogP) is 5.01. The molecule has 0 spiro atoms. The molecule has 0 aliphatic rings. The summed E-state index contributed by atoms with van der Waals surface area (Å²) in [5.74, 6) is -1.14. The number of alkyl halides is 3. The van der Waals surface area contributed by atoms with Gasteiger partial charge in [-0.15, -0.1) is 0 Å². The molecule has 1 amide bonds. The fourth-order valence-corrected chi connectivity index (χ4v) is 2.39. The van der Waals surface area contributed by atoms with E-state index < -0.39 is 23.6 Å². The zero-order chi connectivity index (χ0) is 20.2. The van der Waals surface area contributed by atoms with E-state index in [-0.39, 0.29) is 29.9 Å². The van der Waals surface area contributed by atoms with Crippen molar-refractivity contribution in [3.63, 3.8) is 0 Å². The normalized spacial score (nSPS) is 11.2. The average molecular weight is 381 g/mol. The summed E-state index contributed by atoms with van der Waals surface area (Å²) < 4.78 is 54.3. The van der Waals surface area contributed by atoms with E-state index in [1.54, 1.807) is 26.8 Å². The van der Waals surface area contributed by atoms with Crippen LogP contribution in [0.1, 0.15) is 32.9 Å². The Morgan fingerprint density at radius 3 is 2.48 bits per heavy atom. The Bertz CT molecular complexity index is 858. The first-order chi connectivity index (χ1) is 12.6. The first-order valence-electron chi connectivity index (χ1n) is 8.26. The van der Waals surface area contributed by atoms with Crippen LogP contribution in [-0.2, 0) is 11.0 Å². The van der Waals surface area contributed by atoms with Gasteiger partial charge in [-0.2, -0.15) is 13.2 Å². The molecule has 0 atom stereocenters. The third kappa shape index (κ3) is 5.12. The maximum Gasteiger partial charge on any atom is 0.435 e. The highest BCUT2D eigenvalue weighted by Gasteiger charge is 2.38. The van der Waals surface area contributed by atoms with Gasteiger partial charge in [0.05, 0.1) is 17.6 Å². The summed E-state index contributed by atoms with van der Waals surface area (Å²) in [4.78, 5) is 20.6. The van der Waals surface area contributed by atoms with Crippen molar-refractivity contribution in [1.82, 2.24) is 9.97 Å². The summed E-state index contributed by atoms with van der Waals surface area (Å²) in [5.41, 5.74) is -0.630. The Hall–Kier alpha value is -2.77. The van der Waals surface area contributed by atoms with Crippen LogP contribution in [0.25, 0.3) is 11.3 Å². The van der Waals surface area contributed by atoms with Crippen LogP contribution in [0.4, 0.5) is 23.2 Å². The van der Waals surface area contributed by atoms with Crippen LogP contribution in [0.15, 0.2) is 42.2 Å². The number of hydrogen-bond acceptors (Lipinski definition) is 3. The minimum absolute atomic E-state index is 0.000629. The number of allylic oxidation sites excluding steroid dienone is 1. The number of rotatable bonds is 5. The van der Waals surface area contributed by atoms with E-state index in [1.165, 1.54) is 18.3 Å². The molecule has 0 aliphatic carbocycles. The monoisotopic (exact) mass is 381 g/mol. The van der Waals surface area contributed by atoms with Crippen LogP contribution in [0, 0.1) is 5.82 Å². The van der Waals surface area contributed by atoms with Gasteiger partial charge in [-0.05, 0) is 32.0 Å². The van der Waals surface area contributed by atoms with E-state index in [4.69, 9.17) is 0 Å². The highest BCUT2D eigenvalue weighted by atomic mass is 19.4. The quantitative estimate of drug-likeness (QED) is 0.540. The predicted molar refractivity (Wildman–Crippen MR) is 94.5 cm³/mol. The fourth-order valence-electron chi connectivity index (χ4n) is 2.39. The van der Waals surface area contributed by atoms with Gasteiger partial charge in [0, 0.05) is 24.7 Å². The summed E-state index contributed by atoms with van der Waals surface area (Å²) in [5, 5.41) is 0. The van der Waals surface area contributed by atoms with Gasteiger partial charge in [-0.25, -0.2) is 9.37 Å². The molecule has 0 saturated heterocycles. The molecule has 0 radical (unpaired) electrons. The molecule has 2 heterocycles. The summed E-state index contributed by atoms with van der Waals surface area (Å²) in [6, 6.07) is 3.55. The number of aromatic nitrogens is 2. The lowest BCUT2D eigenvalue weighted by Gasteiger charge is -2.24. The van der Waals surface area contributed by atoms with Crippen LogP contribution in [0.2, 0.25) is 0 Å². The SMILES string of the molecule is CCC(=O)N(CC=C(C)C)c1ccc(-c2cncc(F)c2)nc1C(F)(F)F. The summed E-state index contributed by atoms with van der Waals surface area (Å²) in [6.45, 7) is 5.15. The third-order valence-electron chi connectivity index (χ3n) is 3.72. The molecule has 0 bridgehead atoms. The Kier molecular flexibility index (Phi) is 6.30. The molecular weight excluding hydrogens is 362 g/mol. The first kappa shape index (κ1) is 20.5. The van der Waals surface area contributed by atoms with E-state index >= 15 is 0 Å². The Labute approximate surface area is 154 Å². The Balaban J connectivity index is 2.60. The molecule has 0 aliphatic heterocycles. The highest BCUT2D eigenvalue weighted by molar-refractivity contribution is 5.94. The van der Waals surface area contributed by atoms with Crippen molar-refractivity contribution in [1.29, 1.82) is 0 Å². The minimum atomic E-state index is -4.79. The van der Waals surface area contributed by atoms with Gasteiger partial charge in [0.2, 0.25) is 5.91 Å². The van der Waals surface area contributed by atoms with Crippen LogP contribution < -0.4 is 4.90 Å². The molecule has 2 aromatic rings. The third-order valence-corrected chi connectivity index (χ3v) is 3.72. The zero-order valence-electron chi connectivity index (χ0n) is 15.1. The smallest absolute Gasteiger partial charge is 0.306 e. The van der Waals surface area contributed by atoms with Crippen molar-refractivity contribution >= 4 is 11.6 Å². The molecule has 4 nitrogen and oxygen atoms in total. The second-order valence-corrected chi connectivity index (χ2v) is 6.09. The second-order valence-electron chi connectivity index (χ2n) is 6.09. The van der Waals surface area contributed by atoms with E-state index in [1.807, 2.05) is 0 Å². The number of amides is 1. The van der Waals surface area contributed by atoms with Gasteiger partial charge < -0.3 is 4.90 Å². The average Bonchev–Trinajstić information content (AvgIpc) is 2.60. The molecule has 0 unspecified atom stereocenters. The van der Waals surface area contributed by atoms with Gasteiger partial charge in [-0.1, -0.05) is 18.6 Å². The van der Waals surface area contributed by atoms with Gasteiger partial charge in [-0.3, -0.25) is 9.78 Å².